The van der Waals surface area contributed by atoms with Crippen LogP contribution < -0.4 is 10.6 Å². The van der Waals surface area contributed by atoms with E-state index in [0.29, 0.717) is 6.04 Å². The van der Waals surface area contributed by atoms with Gasteiger partial charge in [-0.3, -0.25) is 0 Å². The molecule has 1 aliphatic rings. The lowest BCUT2D eigenvalue weighted by Crippen LogP contribution is -2.41. The molecule has 0 aromatic heterocycles. The number of benzene rings is 1. The summed E-state index contributed by atoms with van der Waals surface area (Å²) in [6, 6.07) is 9.46. The van der Waals surface area contributed by atoms with Crippen LogP contribution in [0.25, 0.3) is 0 Å². The SMILES string of the molecule is CC(N)c1ccc(N(C)C2CCN(C)CC2)cc1. The Morgan fingerprint density at radius 1 is 1.22 bits per heavy atom. The third-order valence-corrected chi connectivity index (χ3v) is 4.06. The van der Waals surface area contributed by atoms with Crippen LogP contribution in [0.4, 0.5) is 5.69 Å². The van der Waals surface area contributed by atoms with Crippen molar-refractivity contribution in [2.75, 3.05) is 32.1 Å². The van der Waals surface area contributed by atoms with Gasteiger partial charge in [-0.15, -0.1) is 0 Å². The van der Waals surface area contributed by atoms with E-state index in [1.807, 2.05) is 6.92 Å². The second kappa shape index (κ2) is 5.72. The average molecular weight is 247 g/mol. The first-order valence-electron chi connectivity index (χ1n) is 6.85. The van der Waals surface area contributed by atoms with E-state index >= 15 is 0 Å². The number of hydrogen-bond acceptors (Lipinski definition) is 3. The lowest BCUT2D eigenvalue weighted by Gasteiger charge is -2.36. The van der Waals surface area contributed by atoms with Gasteiger partial charge in [-0.25, -0.2) is 0 Å². The van der Waals surface area contributed by atoms with E-state index in [-0.39, 0.29) is 6.04 Å². The predicted molar refractivity (Wildman–Crippen MR) is 78.0 cm³/mol. The highest BCUT2D eigenvalue weighted by molar-refractivity contribution is 5.48. The zero-order chi connectivity index (χ0) is 13.1. The molecule has 2 rings (SSSR count). The molecule has 18 heavy (non-hydrogen) atoms. The minimum absolute atomic E-state index is 0.118. The zero-order valence-corrected chi connectivity index (χ0v) is 11.8. The van der Waals surface area contributed by atoms with Crippen LogP contribution in [0.2, 0.25) is 0 Å². The molecule has 100 valence electrons. The molecule has 3 nitrogen and oxygen atoms in total. The minimum atomic E-state index is 0.118. The molecule has 1 aromatic carbocycles. The number of likely N-dealkylation sites (tertiary alicyclic amines) is 1. The van der Waals surface area contributed by atoms with E-state index in [1.54, 1.807) is 0 Å². The second-order valence-corrected chi connectivity index (χ2v) is 5.53. The number of nitrogens with two attached hydrogens (primary N) is 1. The third kappa shape index (κ3) is 3.03. The van der Waals surface area contributed by atoms with Gasteiger partial charge in [0.15, 0.2) is 0 Å². The van der Waals surface area contributed by atoms with Gasteiger partial charge in [0.1, 0.15) is 0 Å². The highest BCUT2D eigenvalue weighted by atomic mass is 15.2. The summed E-state index contributed by atoms with van der Waals surface area (Å²) in [5, 5.41) is 0. The molecule has 0 saturated carbocycles. The first-order chi connectivity index (χ1) is 8.58. The van der Waals surface area contributed by atoms with Crippen molar-refractivity contribution in [3.05, 3.63) is 29.8 Å². The fraction of sp³-hybridized carbons (Fsp3) is 0.600. The molecular formula is C15H25N3. The number of rotatable bonds is 3. The summed E-state index contributed by atoms with van der Waals surface area (Å²) in [6.07, 6.45) is 2.50. The lowest BCUT2D eigenvalue weighted by molar-refractivity contribution is 0.253. The molecule has 0 amide bonds. The van der Waals surface area contributed by atoms with Gasteiger partial charge in [0.25, 0.3) is 0 Å². The Hall–Kier alpha value is -1.06. The summed E-state index contributed by atoms with van der Waals surface area (Å²) >= 11 is 0. The molecule has 1 aliphatic heterocycles. The van der Waals surface area contributed by atoms with Crippen molar-refractivity contribution in [2.45, 2.75) is 31.8 Å². The molecule has 0 aliphatic carbocycles. The monoisotopic (exact) mass is 247 g/mol. The Labute approximate surface area is 111 Å². The summed E-state index contributed by atoms with van der Waals surface area (Å²) in [7, 11) is 4.41. The van der Waals surface area contributed by atoms with Gasteiger partial charge < -0.3 is 15.5 Å². The molecule has 1 saturated heterocycles. The van der Waals surface area contributed by atoms with Crippen LogP contribution in [0.1, 0.15) is 31.4 Å². The summed E-state index contributed by atoms with van der Waals surface area (Å²) in [4.78, 5) is 4.82. The van der Waals surface area contributed by atoms with Crippen molar-refractivity contribution in [2.24, 2.45) is 5.73 Å². The van der Waals surface area contributed by atoms with E-state index in [2.05, 4.69) is 48.2 Å². The van der Waals surface area contributed by atoms with Gasteiger partial charge in [0, 0.05) is 24.8 Å². The zero-order valence-electron chi connectivity index (χ0n) is 11.8. The fourth-order valence-electron chi connectivity index (χ4n) is 2.61. The van der Waals surface area contributed by atoms with Gasteiger partial charge in [0.2, 0.25) is 0 Å². The first kappa shape index (κ1) is 13.4. The standard InChI is InChI=1S/C15H25N3/c1-12(16)13-4-6-14(7-5-13)18(3)15-8-10-17(2)11-9-15/h4-7,12,15H,8-11,16H2,1-3H3. The molecule has 1 unspecified atom stereocenters. The number of anilines is 1. The quantitative estimate of drug-likeness (QED) is 0.889. The Kier molecular flexibility index (Phi) is 4.25. The molecule has 1 heterocycles. The Balaban J connectivity index is 2.02. The topological polar surface area (TPSA) is 32.5 Å². The maximum Gasteiger partial charge on any atom is 0.0366 e. The van der Waals surface area contributed by atoms with Gasteiger partial charge in [-0.2, -0.15) is 0 Å². The van der Waals surface area contributed by atoms with Crippen molar-refractivity contribution in [3.63, 3.8) is 0 Å². The van der Waals surface area contributed by atoms with Crippen molar-refractivity contribution >= 4 is 5.69 Å². The molecule has 0 bridgehead atoms. The summed E-state index contributed by atoms with van der Waals surface area (Å²) in [5.41, 5.74) is 8.38. The molecule has 2 N–H and O–H groups in total. The number of hydrogen-bond donors (Lipinski definition) is 1. The molecule has 1 aromatic rings. The molecule has 0 spiro atoms. The van der Waals surface area contributed by atoms with E-state index in [4.69, 9.17) is 5.73 Å². The van der Waals surface area contributed by atoms with Crippen molar-refractivity contribution in [1.82, 2.24) is 4.90 Å². The Bertz CT molecular complexity index is 364. The van der Waals surface area contributed by atoms with E-state index in [9.17, 15) is 0 Å². The highest BCUT2D eigenvalue weighted by Gasteiger charge is 2.20. The third-order valence-electron chi connectivity index (χ3n) is 4.06. The van der Waals surface area contributed by atoms with Crippen LogP contribution in [0.3, 0.4) is 0 Å². The maximum absolute atomic E-state index is 5.88. The largest absolute Gasteiger partial charge is 0.372 e. The predicted octanol–water partition coefficient (Wildman–Crippen LogP) is 2.24. The molecular weight excluding hydrogens is 222 g/mol. The molecule has 0 radical (unpaired) electrons. The Morgan fingerprint density at radius 3 is 2.28 bits per heavy atom. The average Bonchev–Trinajstić information content (AvgIpc) is 2.39. The highest BCUT2D eigenvalue weighted by Crippen LogP contribution is 2.23. The number of nitrogens with zero attached hydrogens (tertiary/aromatic N) is 2. The minimum Gasteiger partial charge on any atom is -0.372 e. The van der Waals surface area contributed by atoms with Gasteiger partial charge >= 0.3 is 0 Å². The summed E-state index contributed by atoms with van der Waals surface area (Å²) in [6.45, 7) is 4.43. The van der Waals surface area contributed by atoms with E-state index < -0.39 is 0 Å². The molecule has 3 heteroatoms. The fourth-order valence-corrected chi connectivity index (χ4v) is 2.61. The molecule has 1 atom stereocenters. The van der Waals surface area contributed by atoms with Crippen LogP contribution in [-0.2, 0) is 0 Å². The Morgan fingerprint density at radius 2 is 1.78 bits per heavy atom. The van der Waals surface area contributed by atoms with Crippen molar-refractivity contribution < 1.29 is 0 Å². The van der Waals surface area contributed by atoms with Gasteiger partial charge in [-0.1, -0.05) is 12.1 Å². The second-order valence-electron chi connectivity index (χ2n) is 5.53. The van der Waals surface area contributed by atoms with Gasteiger partial charge in [-0.05, 0) is 57.6 Å². The van der Waals surface area contributed by atoms with Crippen LogP contribution in [0.15, 0.2) is 24.3 Å². The van der Waals surface area contributed by atoms with Crippen LogP contribution in [-0.4, -0.2) is 38.1 Å². The van der Waals surface area contributed by atoms with Crippen LogP contribution in [0, 0.1) is 0 Å². The van der Waals surface area contributed by atoms with Gasteiger partial charge in [0.05, 0.1) is 0 Å². The summed E-state index contributed by atoms with van der Waals surface area (Å²) < 4.78 is 0. The molecule has 1 fully saturated rings. The lowest BCUT2D eigenvalue weighted by atomic mass is 10.0. The number of piperidine rings is 1. The summed E-state index contributed by atoms with van der Waals surface area (Å²) in [5.74, 6) is 0. The van der Waals surface area contributed by atoms with Crippen molar-refractivity contribution in [1.29, 1.82) is 0 Å². The first-order valence-corrected chi connectivity index (χ1v) is 6.85. The van der Waals surface area contributed by atoms with Crippen molar-refractivity contribution in [3.8, 4) is 0 Å². The maximum atomic E-state index is 5.88. The smallest absolute Gasteiger partial charge is 0.0366 e. The normalized spacial score (nSPS) is 19.8. The van der Waals surface area contributed by atoms with E-state index in [0.717, 1.165) is 0 Å². The van der Waals surface area contributed by atoms with Crippen LogP contribution in [0.5, 0.6) is 0 Å². The van der Waals surface area contributed by atoms with E-state index in [1.165, 1.54) is 37.2 Å². The van der Waals surface area contributed by atoms with Crippen LogP contribution >= 0.6 is 0 Å².